The van der Waals surface area contributed by atoms with Gasteiger partial charge in [0.2, 0.25) is 0 Å². The first kappa shape index (κ1) is 153. The minimum Gasteiger partial charge on any atom is -0.456 e. The van der Waals surface area contributed by atoms with Crippen LogP contribution in [0, 0.1) is 11.8 Å². The van der Waals surface area contributed by atoms with Gasteiger partial charge in [0.05, 0.1) is 52.9 Å². The van der Waals surface area contributed by atoms with Crippen LogP contribution >= 0.6 is 47.0 Å². The third-order valence-corrected chi connectivity index (χ3v) is 18.7. The maximum absolute atomic E-state index is 11.3. The first-order chi connectivity index (χ1) is 62.8. The second kappa shape index (κ2) is 84.0. The standard InChI is InChI=1S/C12H22O3.C11H20O3.C10H18O3.C10H18O2S.C9H16O4.2C9H16O3.2C9H16O2S.C8H14O3.C8H14O2S/c1-9(2)7-14-8-12(5,6)15-11(13)10(3)4;1-6-10(12)14-11(4,5)8-13-7-9(2)3;1-6-12-7-10(4,5)13-9(11)8(2)3;1-6-13-7-10(4,5)12-9(11)8(2)3;1-5-8(10)13-9(2,6-11-3)7-12-4;1-7(2)8(10)12-9(3,4)6-11-5;1-5-8(10)12-9(3,4)7-11-6-2;1-7(2)8(10)11-9(3,4)6-12-5;1-5-8(10)11-9(3,4)7-12-6-2;1-5-7(9)11-8(2,3)6-10-4;1-5-7(9)10-8(2,3)6-11-4/h9H,3,7-8H2,1-2,4-6H3;6,9H,1,7-8H2,2-5H3;2*2,6-7H2,1,3-5H3;5H,1,6-7H2,2-4H3;1,6H2,2-5H3;5H,1,6-7H2,2-4H3;1,6H2,2-5H3;5H,1,6-7H2,2-4H3;2*5H,1,6H2,2-4H3. The van der Waals surface area contributed by atoms with E-state index in [-0.39, 0.29) is 53.0 Å². The minimum atomic E-state index is -0.741. The molecule has 34 heteroatoms. The van der Waals surface area contributed by atoms with Gasteiger partial charge in [0, 0.05) is 142 Å². The Morgan fingerprint density at radius 1 is 0.261 bits per heavy atom. The molecule has 0 radical (unpaired) electrons. The van der Waals surface area contributed by atoms with E-state index < -0.39 is 74.3 Å². The summed E-state index contributed by atoms with van der Waals surface area (Å²) in [6.07, 6.45) is 10.9. The number of rotatable bonds is 54. The number of carbonyl (C=O) groups excluding carboxylic acids is 11. The van der Waals surface area contributed by atoms with Crippen molar-refractivity contribution >= 4 is 113 Å². The summed E-state index contributed by atoms with van der Waals surface area (Å²) < 4.78 is 96.8. The van der Waals surface area contributed by atoms with Gasteiger partial charge in [-0.05, 0) is 230 Å². The topological polar surface area (TPSA) is 363 Å². The highest BCUT2D eigenvalue weighted by Crippen LogP contribution is 2.23. The van der Waals surface area contributed by atoms with E-state index in [1.165, 1.54) is 26.4 Å². The first-order valence-electron chi connectivity index (χ1n) is 44.8. The SMILES string of the molecule is C=C(C)C(=O)OC(C)(C)COC.C=C(C)C(=O)OC(C)(C)COCC.C=C(C)C(=O)OC(C)(C)COCC(C)C.C=C(C)C(=O)OC(C)(C)CSC.C=C(C)C(=O)OC(C)(C)CSCC.C=CC(=O)OC(C)(C)COC.C=CC(=O)OC(C)(C)COCC.C=CC(=O)OC(C)(C)COCC(C)C.C=CC(=O)OC(C)(C)CSC.C=CC(=O)OC(C)(C)CSCC.C=CC(=O)OC(C)(COC)COC. The van der Waals surface area contributed by atoms with Gasteiger partial charge in [0.1, 0.15) is 56.0 Å². The predicted molar refractivity (Wildman–Crippen MR) is 566 cm³/mol. The highest BCUT2D eigenvalue weighted by Gasteiger charge is 2.32. The molecule has 0 saturated heterocycles. The van der Waals surface area contributed by atoms with Crippen LogP contribution in [0.25, 0.3) is 0 Å². The molecule has 0 unspecified atom stereocenters. The summed E-state index contributed by atoms with van der Waals surface area (Å²) in [6.45, 7) is 106. The van der Waals surface area contributed by atoms with E-state index in [1.54, 1.807) is 144 Å². The van der Waals surface area contributed by atoms with Gasteiger partial charge < -0.3 is 90.0 Å². The second-order valence-electron chi connectivity index (χ2n) is 37.6. The molecular formula is C104H186O30S4. The lowest BCUT2D eigenvalue weighted by molar-refractivity contribution is -0.164. The Hall–Kier alpha value is -7.61. The van der Waals surface area contributed by atoms with Crippen molar-refractivity contribution in [1.29, 1.82) is 0 Å². The largest absolute Gasteiger partial charge is 0.456 e. The van der Waals surface area contributed by atoms with Crippen LogP contribution in [0.5, 0.6) is 0 Å². The normalized spacial score (nSPS) is 11.1. The lowest BCUT2D eigenvalue weighted by Gasteiger charge is -2.27. The fraction of sp³-hybridized carbons (Fsp3) is 0.683. The van der Waals surface area contributed by atoms with E-state index in [9.17, 15) is 52.7 Å². The average Bonchev–Trinajstić information content (AvgIpc) is 0.893. The minimum absolute atomic E-state index is 0.292. The highest BCUT2D eigenvalue weighted by atomic mass is 32.2. The molecule has 0 aromatic rings. The summed E-state index contributed by atoms with van der Waals surface area (Å²) in [4.78, 5) is 121. The van der Waals surface area contributed by atoms with E-state index in [1.807, 2.05) is 123 Å². The molecule has 0 atom stereocenters. The van der Waals surface area contributed by atoms with Crippen LogP contribution in [0.3, 0.4) is 0 Å². The maximum atomic E-state index is 11.3. The zero-order chi connectivity index (χ0) is 111. The molecule has 0 aliphatic rings. The molecule has 0 aromatic carbocycles. The number of methoxy groups -OCH3 is 4. The molecule has 138 heavy (non-hydrogen) atoms. The summed E-state index contributed by atoms with van der Waals surface area (Å²) in [5, 5.41) is 0. The van der Waals surface area contributed by atoms with Crippen LogP contribution in [0.15, 0.2) is 137 Å². The third kappa shape index (κ3) is 110. The van der Waals surface area contributed by atoms with Gasteiger partial charge >= 0.3 is 65.7 Å². The third-order valence-electron chi connectivity index (χ3n) is 14.1. The van der Waals surface area contributed by atoms with Crippen molar-refractivity contribution in [2.45, 2.75) is 297 Å². The van der Waals surface area contributed by atoms with Crippen molar-refractivity contribution in [1.82, 2.24) is 0 Å². The number of esters is 11. The van der Waals surface area contributed by atoms with Crippen LogP contribution in [0.1, 0.15) is 235 Å². The van der Waals surface area contributed by atoms with Crippen molar-refractivity contribution in [3.8, 4) is 0 Å². The fourth-order valence-electron chi connectivity index (χ4n) is 8.41. The highest BCUT2D eigenvalue weighted by molar-refractivity contribution is 7.99. The quantitative estimate of drug-likeness (QED) is 0.0310. The van der Waals surface area contributed by atoms with Crippen LogP contribution in [-0.2, 0) is 143 Å². The van der Waals surface area contributed by atoms with Crippen molar-refractivity contribution in [3.63, 3.8) is 0 Å². The molecule has 806 valence electrons. The Morgan fingerprint density at radius 3 is 0.630 bits per heavy atom. The zero-order valence-electron chi connectivity index (χ0n) is 92.5. The molecule has 0 saturated carbocycles. The Labute approximate surface area is 850 Å². The second-order valence-corrected chi connectivity index (χ2v) is 41.9. The number of thioether (sulfide) groups is 4. The fourth-order valence-corrected chi connectivity index (χ4v) is 11.4. The maximum Gasteiger partial charge on any atom is 0.333 e. The van der Waals surface area contributed by atoms with Crippen molar-refractivity contribution in [2.75, 3.05) is 155 Å². The van der Waals surface area contributed by atoms with Crippen LogP contribution < -0.4 is 0 Å². The Morgan fingerprint density at radius 2 is 0.435 bits per heavy atom. The van der Waals surface area contributed by atoms with Gasteiger partial charge in [-0.25, -0.2) is 52.7 Å². The van der Waals surface area contributed by atoms with Crippen LogP contribution in [-0.4, -0.2) is 282 Å². The molecular weight excluding hydrogens is 1860 g/mol. The van der Waals surface area contributed by atoms with Crippen molar-refractivity contribution in [3.05, 3.63) is 137 Å². The molecule has 0 heterocycles. The first-order valence-corrected chi connectivity index (χ1v) is 49.9. The molecule has 0 fully saturated rings. The van der Waals surface area contributed by atoms with Gasteiger partial charge in [0.25, 0.3) is 0 Å². The van der Waals surface area contributed by atoms with E-state index in [2.05, 4.69) is 114 Å². The van der Waals surface area contributed by atoms with Gasteiger partial charge in [-0.3, -0.25) is 0 Å². The van der Waals surface area contributed by atoms with Gasteiger partial charge in [-0.15, -0.1) is 0 Å². The summed E-state index contributed by atoms with van der Waals surface area (Å²) in [5.74, 6) is 2.12. The summed E-state index contributed by atoms with van der Waals surface area (Å²) >= 11 is 6.82. The Bertz CT molecular complexity index is 3390. The molecule has 0 aliphatic carbocycles. The molecule has 0 bridgehead atoms. The Kier molecular flexibility index (Phi) is 93.2. The lowest BCUT2D eigenvalue weighted by Crippen LogP contribution is -2.40. The summed E-state index contributed by atoms with van der Waals surface area (Å²) in [5.41, 5.74) is -3.64. The van der Waals surface area contributed by atoms with Crippen molar-refractivity contribution < 1.29 is 143 Å². The number of hydrogen-bond donors (Lipinski definition) is 0. The lowest BCUT2D eigenvalue weighted by atomic mass is 10.1. The van der Waals surface area contributed by atoms with Crippen molar-refractivity contribution in [2.24, 2.45) is 11.8 Å². The molecule has 30 nitrogen and oxygen atoms in total. The molecule has 0 N–H and O–H groups in total. The molecule has 0 aromatic heterocycles. The predicted octanol–water partition coefficient (Wildman–Crippen LogP) is 20.6. The average molecular weight is 2040 g/mol. The van der Waals surface area contributed by atoms with Gasteiger partial charge in [-0.1, -0.05) is 114 Å². The smallest absolute Gasteiger partial charge is 0.333 e. The van der Waals surface area contributed by atoms with Crippen LogP contribution in [0.4, 0.5) is 0 Å². The van der Waals surface area contributed by atoms with Crippen LogP contribution in [0.2, 0.25) is 0 Å². The molecule has 0 amide bonds. The van der Waals surface area contributed by atoms with Gasteiger partial charge in [0.15, 0.2) is 5.60 Å². The summed E-state index contributed by atoms with van der Waals surface area (Å²) in [6, 6.07) is 0. The van der Waals surface area contributed by atoms with E-state index in [0.29, 0.717) is 119 Å². The summed E-state index contributed by atoms with van der Waals surface area (Å²) in [7, 11) is 6.20. The van der Waals surface area contributed by atoms with Gasteiger partial charge in [-0.2, -0.15) is 47.0 Å². The monoisotopic (exact) mass is 2040 g/mol. The molecule has 0 rings (SSSR count). The number of hydrogen-bond acceptors (Lipinski definition) is 34. The van der Waals surface area contributed by atoms with E-state index >= 15 is 0 Å². The zero-order valence-corrected chi connectivity index (χ0v) is 95.8. The number of carbonyl (C=O) groups is 11. The Balaban J connectivity index is -0.000000143. The van der Waals surface area contributed by atoms with E-state index in [4.69, 9.17) is 90.0 Å². The molecule has 0 spiro atoms. The number of ether oxygens (including phenoxy) is 19. The molecule has 0 aliphatic heterocycles. The van der Waals surface area contributed by atoms with E-state index in [0.717, 1.165) is 58.8 Å².